The summed E-state index contributed by atoms with van der Waals surface area (Å²) < 4.78 is 2.01. The fourth-order valence-corrected chi connectivity index (χ4v) is 1.83. The SMILES string of the molecule is CCCc1cc(NN)nc(-c2cncn2CC)n1. The van der Waals surface area contributed by atoms with Gasteiger partial charge in [-0.05, 0) is 13.3 Å². The van der Waals surface area contributed by atoms with E-state index in [0.29, 0.717) is 11.6 Å². The van der Waals surface area contributed by atoms with Crippen LogP contribution in [0.5, 0.6) is 0 Å². The molecule has 0 atom stereocenters. The summed E-state index contributed by atoms with van der Waals surface area (Å²) in [5.41, 5.74) is 4.48. The van der Waals surface area contributed by atoms with Crippen molar-refractivity contribution in [2.75, 3.05) is 5.43 Å². The van der Waals surface area contributed by atoms with E-state index < -0.39 is 0 Å². The summed E-state index contributed by atoms with van der Waals surface area (Å²) in [4.78, 5) is 13.1. The molecule has 0 unspecified atom stereocenters. The third-order valence-corrected chi connectivity index (χ3v) is 2.72. The highest BCUT2D eigenvalue weighted by Gasteiger charge is 2.10. The summed E-state index contributed by atoms with van der Waals surface area (Å²) in [6, 6.07) is 1.87. The summed E-state index contributed by atoms with van der Waals surface area (Å²) in [5.74, 6) is 6.74. The van der Waals surface area contributed by atoms with Gasteiger partial charge in [-0.25, -0.2) is 20.8 Å². The molecule has 96 valence electrons. The average molecular weight is 246 g/mol. The Labute approximate surface area is 106 Å². The van der Waals surface area contributed by atoms with Gasteiger partial charge >= 0.3 is 0 Å². The van der Waals surface area contributed by atoms with Crippen LogP contribution in [0.4, 0.5) is 5.82 Å². The van der Waals surface area contributed by atoms with Gasteiger partial charge in [0.1, 0.15) is 11.5 Å². The number of nitrogens with two attached hydrogens (primary N) is 1. The van der Waals surface area contributed by atoms with Crippen LogP contribution >= 0.6 is 0 Å². The number of nitrogens with zero attached hydrogens (tertiary/aromatic N) is 4. The zero-order valence-electron chi connectivity index (χ0n) is 10.7. The molecule has 0 radical (unpaired) electrons. The van der Waals surface area contributed by atoms with Crippen molar-refractivity contribution in [1.82, 2.24) is 19.5 Å². The number of imidazole rings is 1. The molecule has 0 amide bonds. The molecule has 0 aliphatic rings. The smallest absolute Gasteiger partial charge is 0.180 e. The molecule has 6 heteroatoms. The molecule has 0 saturated heterocycles. The maximum Gasteiger partial charge on any atom is 0.180 e. The van der Waals surface area contributed by atoms with Crippen molar-refractivity contribution in [2.45, 2.75) is 33.2 Å². The van der Waals surface area contributed by atoms with Crippen LogP contribution < -0.4 is 11.3 Å². The van der Waals surface area contributed by atoms with Crippen LogP contribution in [-0.4, -0.2) is 19.5 Å². The third-order valence-electron chi connectivity index (χ3n) is 2.72. The summed E-state index contributed by atoms with van der Waals surface area (Å²) in [7, 11) is 0. The molecule has 0 fully saturated rings. The topological polar surface area (TPSA) is 81.6 Å². The highest BCUT2D eigenvalue weighted by Crippen LogP contribution is 2.18. The molecular formula is C12H18N6. The molecule has 0 aromatic carbocycles. The molecular weight excluding hydrogens is 228 g/mol. The first-order valence-corrected chi connectivity index (χ1v) is 6.13. The van der Waals surface area contributed by atoms with Gasteiger partial charge in [-0.2, -0.15) is 0 Å². The number of hydrogen-bond acceptors (Lipinski definition) is 5. The number of hydrazine groups is 1. The Hall–Kier alpha value is -1.95. The van der Waals surface area contributed by atoms with Gasteiger partial charge < -0.3 is 9.99 Å². The lowest BCUT2D eigenvalue weighted by molar-refractivity contribution is 0.761. The van der Waals surface area contributed by atoms with E-state index in [-0.39, 0.29) is 0 Å². The van der Waals surface area contributed by atoms with Crippen LogP contribution in [0.25, 0.3) is 11.5 Å². The molecule has 2 rings (SSSR count). The van der Waals surface area contributed by atoms with E-state index in [4.69, 9.17) is 5.84 Å². The van der Waals surface area contributed by atoms with E-state index in [2.05, 4.69) is 34.2 Å². The molecule has 0 spiro atoms. The van der Waals surface area contributed by atoms with Crippen molar-refractivity contribution in [3.8, 4) is 11.5 Å². The number of rotatable bonds is 5. The lowest BCUT2D eigenvalue weighted by Gasteiger charge is -2.08. The van der Waals surface area contributed by atoms with E-state index in [9.17, 15) is 0 Å². The van der Waals surface area contributed by atoms with Gasteiger partial charge in [0.05, 0.1) is 12.5 Å². The molecule has 0 aliphatic carbocycles. The summed E-state index contributed by atoms with van der Waals surface area (Å²) >= 11 is 0. The zero-order chi connectivity index (χ0) is 13.0. The lowest BCUT2D eigenvalue weighted by atomic mass is 10.2. The second kappa shape index (κ2) is 5.59. The molecule has 18 heavy (non-hydrogen) atoms. The van der Waals surface area contributed by atoms with Gasteiger partial charge in [-0.3, -0.25) is 0 Å². The Balaban J connectivity index is 2.46. The minimum absolute atomic E-state index is 0.632. The van der Waals surface area contributed by atoms with Crippen molar-refractivity contribution in [3.05, 3.63) is 24.3 Å². The van der Waals surface area contributed by atoms with E-state index in [1.807, 2.05) is 10.6 Å². The van der Waals surface area contributed by atoms with Crippen LogP contribution in [0, 0.1) is 0 Å². The van der Waals surface area contributed by atoms with Crippen LogP contribution in [0.2, 0.25) is 0 Å². The Morgan fingerprint density at radius 3 is 2.83 bits per heavy atom. The van der Waals surface area contributed by atoms with Crippen molar-refractivity contribution >= 4 is 5.82 Å². The summed E-state index contributed by atoms with van der Waals surface area (Å²) in [6.07, 6.45) is 5.49. The second-order valence-electron chi connectivity index (χ2n) is 4.03. The van der Waals surface area contributed by atoms with E-state index in [1.54, 1.807) is 12.5 Å². The molecule has 2 heterocycles. The van der Waals surface area contributed by atoms with E-state index in [0.717, 1.165) is 30.8 Å². The van der Waals surface area contributed by atoms with E-state index in [1.165, 1.54) is 0 Å². The van der Waals surface area contributed by atoms with Crippen LogP contribution in [-0.2, 0) is 13.0 Å². The van der Waals surface area contributed by atoms with Crippen LogP contribution in [0.3, 0.4) is 0 Å². The fraction of sp³-hybridized carbons (Fsp3) is 0.417. The first-order chi connectivity index (χ1) is 8.78. The molecule has 2 aromatic rings. The van der Waals surface area contributed by atoms with Gasteiger partial charge in [0.25, 0.3) is 0 Å². The summed E-state index contributed by atoms with van der Waals surface area (Å²) in [5, 5.41) is 0. The Morgan fingerprint density at radius 2 is 2.17 bits per heavy atom. The van der Waals surface area contributed by atoms with E-state index >= 15 is 0 Å². The number of nitrogen functional groups attached to an aromatic ring is 1. The van der Waals surface area contributed by atoms with Gasteiger partial charge in [-0.15, -0.1) is 0 Å². The fourth-order valence-electron chi connectivity index (χ4n) is 1.83. The number of aromatic nitrogens is 4. The maximum absolute atomic E-state index is 5.44. The maximum atomic E-state index is 5.44. The Morgan fingerprint density at radius 1 is 1.33 bits per heavy atom. The molecule has 3 N–H and O–H groups in total. The molecule has 0 bridgehead atoms. The number of aryl methyl sites for hydroxylation is 2. The highest BCUT2D eigenvalue weighted by atomic mass is 15.3. The lowest BCUT2D eigenvalue weighted by Crippen LogP contribution is -2.11. The van der Waals surface area contributed by atoms with Gasteiger partial charge in [0.2, 0.25) is 0 Å². The minimum atomic E-state index is 0.632. The normalized spacial score (nSPS) is 10.6. The van der Waals surface area contributed by atoms with Gasteiger partial charge in [0, 0.05) is 18.3 Å². The molecule has 2 aromatic heterocycles. The highest BCUT2D eigenvalue weighted by molar-refractivity contribution is 5.52. The number of nitrogens with one attached hydrogen (secondary N) is 1. The predicted molar refractivity (Wildman–Crippen MR) is 70.7 cm³/mol. The Kier molecular flexibility index (Phi) is 3.88. The molecule has 6 nitrogen and oxygen atoms in total. The van der Waals surface area contributed by atoms with Crippen molar-refractivity contribution in [1.29, 1.82) is 0 Å². The van der Waals surface area contributed by atoms with Gasteiger partial charge in [0.15, 0.2) is 5.82 Å². The van der Waals surface area contributed by atoms with Gasteiger partial charge in [-0.1, -0.05) is 13.3 Å². The monoisotopic (exact) mass is 246 g/mol. The molecule has 0 aliphatic heterocycles. The zero-order valence-corrected chi connectivity index (χ0v) is 10.7. The third kappa shape index (κ3) is 2.48. The summed E-state index contributed by atoms with van der Waals surface area (Å²) in [6.45, 7) is 5.01. The standard InChI is InChI=1S/C12H18N6/c1-3-5-9-6-11(17-13)16-12(15-9)10-7-14-8-18(10)4-2/h6-8H,3-5,13H2,1-2H3,(H,15,16,17). The van der Waals surface area contributed by atoms with Crippen LogP contribution in [0.15, 0.2) is 18.6 Å². The van der Waals surface area contributed by atoms with Crippen LogP contribution in [0.1, 0.15) is 26.0 Å². The first kappa shape index (κ1) is 12.5. The largest absolute Gasteiger partial charge is 0.328 e. The van der Waals surface area contributed by atoms with Crippen molar-refractivity contribution < 1.29 is 0 Å². The van der Waals surface area contributed by atoms with Crippen molar-refractivity contribution in [3.63, 3.8) is 0 Å². The minimum Gasteiger partial charge on any atom is -0.328 e. The average Bonchev–Trinajstić information content (AvgIpc) is 2.87. The Bertz CT molecular complexity index is 519. The number of anilines is 1. The quantitative estimate of drug-likeness (QED) is 0.618. The van der Waals surface area contributed by atoms with Crippen molar-refractivity contribution in [2.24, 2.45) is 5.84 Å². The second-order valence-corrected chi connectivity index (χ2v) is 4.03. The molecule has 0 saturated carbocycles. The first-order valence-electron chi connectivity index (χ1n) is 6.13. The number of hydrogen-bond donors (Lipinski definition) is 2. The predicted octanol–water partition coefficient (Wildman–Crippen LogP) is 1.60.